The summed E-state index contributed by atoms with van der Waals surface area (Å²) in [5, 5.41) is 25.9. The normalized spacial score (nSPS) is 24.4. The van der Waals surface area contributed by atoms with Crippen molar-refractivity contribution in [2.24, 2.45) is 17.8 Å². The fourth-order valence-corrected chi connectivity index (χ4v) is 9.65. The SMILES string of the molecule is CC1CC(C)(C)N(C)C(C)(C)C1.CC1CC(C)(C)N(C)C(C)(C)C1.CC1CC(C)(C)N(C)C(C)(C)C1.O=C(O)c1ccc(C(=O)O)c(C(=O)O)c1. The van der Waals surface area contributed by atoms with Crippen molar-refractivity contribution in [2.75, 3.05) is 21.1 Å². The van der Waals surface area contributed by atoms with Gasteiger partial charge in [0.2, 0.25) is 0 Å². The predicted octanol–water partition coefficient (Wildman–Crippen LogP) is 9.50. The molecule has 0 saturated carbocycles. The number of piperidine rings is 3. The van der Waals surface area contributed by atoms with Crippen molar-refractivity contribution in [1.82, 2.24) is 14.7 Å². The summed E-state index contributed by atoms with van der Waals surface area (Å²) in [4.78, 5) is 39.3. The van der Waals surface area contributed by atoms with Crippen LogP contribution < -0.4 is 0 Å². The predicted molar refractivity (Wildman–Crippen MR) is 210 cm³/mol. The average molecular weight is 718 g/mol. The zero-order valence-electron chi connectivity index (χ0n) is 35.6. The topological polar surface area (TPSA) is 122 Å². The number of nitrogens with zero attached hydrogens (tertiary/aromatic N) is 3. The van der Waals surface area contributed by atoms with E-state index in [1.165, 1.54) is 38.5 Å². The van der Waals surface area contributed by atoms with Crippen LogP contribution in [0.3, 0.4) is 0 Å². The third-order valence-electron chi connectivity index (χ3n) is 12.3. The van der Waals surface area contributed by atoms with Gasteiger partial charge in [0, 0.05) is 33.2 Å². The number of carboxylic acid groups (broad SMARTS) is 3. The second-order valence-electron chi connectivity index (χ2n) is 19.8. The highest BCUT2D eigenvalue weighted by molar-refractivity contribution is 6.03. The van der Waals surface area contributed by atoms with Gasteiger partial charge in [0.25, 0.3) is 0 Å². The van der Waals surface area contributed by atoms with Crippen molar-refractivity contribution < 1.29 is 29.7 Å². The fraction of sp³-hybridized carbons (Fsp3) is 0.786. The molecule has 9 heteroatoms. The molecule has 3 fully saturated rings. The zero-order valence-corrected chi connectivity index (χ0v) is 35.6. The van der Waals surface area contributed by atoms with Crippen molar-refractivity contribution in [1.29, 1.82) is 0 Å². The maximum atomic E-state index is 10.6. The van der Waals surface area contributed by atoms with Crippen molar-refractivity contribution in [2.45, 2.75) is 176 Å². The van der Waals surface area contributed by atoms with Crippen molar-refractivity contribution in [3.63, 3.8) is 0 Å². The number of rotatable bonds is 3. The van der Waals surface area contributed by atoms with Crippen molar-refractivity contribution in [3.05, 3.63) is 34.9 Å². The fourth-order valence-electron chi connectivity index (χ4n) is 9.65. The van der Waals surface area contributed by atoms with Gasteiger partial charge in [-0.15, -0.1) is 0 Å². The summed E-state index contributed by atoms with van der Waals surface area (Å²) >= 11 is 0. The summed E-state index contributed by atoms with van der Waals surface area (Å²) in [5.74, 6) is -1.60. The standard InChI is InChI=1S/3C11H23N.C9H6O6/c3*1-9-7-10(2,3)12(6)11(4,5)8-9;10-7(11)4-1-2-5(8(12)13)6(3-4)9(14)15/h3*9H,7-8H2,1-6H3;1-3H,(H,10,11)(H,12,13)(H,14,15). The van der Waals surface area contributed by atoms with E-state index in [-0.39, 0.29) is 5.56 Å². The summed E-state index contributed by atoms with van der Waals surface area (Å²) in [6, 6.07) is 2.81. The zero-order chi connectivity index (χ0) is 40.3. The van der Waals surface area contributed by atoms with Gasteiger partial charge in [0.15, 0.2) is 0 Å². The second kappa shape index (κ2) is 16.7. The third-order valence-corrected chi connectivity index (χ3v) is 12.3. The Labute approximate surface area is 311 Å². The molecular weight excluding hydrogens is 642 g/mol. The van der Waals surface area contributed by atoms with E-state index in [2.05, 4.69) is 140 Å². The Hall–Kier alpha value is -2.49. The molecule has 4 rings (SSSR count). The molecule has 0 unspecified atom stereocenters. The molecule has 0 aromatic heterocycles. The summed E-state index contributed by atoms with van der Waals surface area (Å²) in [6.07, 6.45) is 7.96. The van der Waals surface area contributed by atoms with Crippen molar-refractivity contribution >= 4 is 17.9 Å². The number of likely N-dealkylation sites (tertiary alicyclic amines) is 3. The van der Waals surface area contributed by atoms with Gasteiger partial charge in [-0.05, 0) is 179 Å². The van der Waals surface area contributed by atoms with E-state index < -0.39 is 29.0 Å². The smallest absolute Gasteiger partial charge is 0.336 e. The molecule has 0 atom stereocenters. The van der Waals surface area contributed by atoms with Crippen LogP contribution in [-0.4, -0.2) is 102 Å². The number of aromatic carboxylic acids is 3. The van der Waals surface area contributed by atoms with Gasteiger partial charge in [-0.25, -0.2) is 14.4 Å². The first kappa shape index (κ1) is 46.5. The average Bonchev–Trinajstić information content (AvgIpc) is 2.92. The summed E-state index contributed by atoms with van der Waals surface area (Å²) in [7, 11) is 6.77. The summed E-state index contributed by atoms with van der Waals surface area (Å²) in [6.45, 7) is 35.3. The lowest BCUT2D eigenvalue weighted by Crippen LogP contribution is -2.58. The van der Waals surface area contributed by atoms with Crippen LogP contribution in [0.1, 0.15) is 173 Å². The Morgan fingerprint density at radius 3 is 0.902 bits per heavy atom. The van der Waals surface area contributed by atoms with E-state index in [0.717, 1.165) is 36.0 Å². The van der Waals surface area contributed by atoms with Crippen LogP contribution in [0.15, 0.2) is 18.2 Å². The van der Waals surface area contributed by atoms with E-state index in [9.17, 15) is 14.4 Å². The minimum Gasteiger partial charge on any atom is -0.478 e. The Balaban J connectivity index is 0.000000342. The summed E-state index contributed by atoms with van der Waals surface area (Å²) < 4.78 is 0. The number of benzene rings is 1. The number of hydrogen-bond acceptors (Lipinski definition) is 6. The van der Waals surface area contributed by atoms with Crippen LogP contribution in [0.5, 0.6) is 0 Å². The lowest BCUT2D eigenvalue weighted by atomic mass is 9.75. The first-order valence-corrected chi connectivity index (χ1v) is 18.8. The molecule has 294 valence electrons. The highest BCUT2D eigenvalue weighted by Crippen LogP contribution is 2.41. The van der Waals surface area contributed by atoms with Crippen LogP contribution in [0.2, 0.25) is 0 Å². The van der Waals surface area contributed by atoms with Crippen LogP contribution in [0, 0.1) is 17.8 Å². The molecule has 9 nitrogen and oxygen atoms in total. The number of carboxylic acids is 3. The lowest BCUT2D eigenvalue weighted by Gasteiger charge is -2.53. The molecule has 3 N–H and O–H groups in total. The Kier molecular flexibility index (Phi) is 15.2. The summed E-state index contributed by atoms with van der Waals surface area (Å²) in [5.41, 5.74) is 1.01. The van der Waals surface area contributed by atoms with Crippen LogP contribution >= 0.6 is 0 Å². The van der Waals surface area contributed by atoms with Gasteiger partial charge in [0.05, 0.1) is 16.7 Å². The maximum Gasteiger partial charge on any atom is 0.336 e. The van der Waals surface area contributed by atoms with Crippen LogP contribution in [0.4, 0.5) is 0 Å². The van der Waals surface area contributed by atoms with E-state index in [0.29, 0.717) is 33.2 Å². The molecular formula is C42H75N3O6. The molecule has 0 radical (unpaired) electrons. The van der Waals surface area contributed by atoms with Gasteiger partial charge < -0.3 is 15.3 Å². The van der Waals surface area contributed by atoms with Gasteiger partial charge in [-0.1, -0.05) is 20.8 Å². The Morgan fingerprint density at radius 2 is 0.706 bits per heavy atom. The van der Waals surface area contributed by atoms with E-state index >= 15 is 0 Å². The largest absolute Gasteiger partial charge is 0.478 e. The third kappa shape index (κ3) is 12.6. The van der Waals surface area contributed by atoms with Crippen molar-refractivity contribution in [3.8, 4) is 0 Å². The first-order valence-electron chi connectivity index (χ1n) is 18.8. The highest BCUT2D eigenvalue weighted by atomic mass is 16.4. The molecule has 3 aliphatic rings. The highest BCUT2D eigenvalue weighted by Gasteiger charge is 2.43. The molecule has 1 aromatic carbocycles. The maximum absolute atomic E-state index is 10.6. The molecule has 1 aromatic rings. The first-order chi connectivity index (χ1) is 22.7. The van der Waals surface area contributed by atoms with Crippen LogP contribution in [-0.2, 0) is 0 Å². The van der Waals surface area contributed by atoms with Gasteiger partial charge in [-0.3, -0.25) is 14.7 Å². The quantitative estimate of drug-likeness (QED) is 0.281. The number of hydrogen-bond donors (Lipinski definition) is 3. The molecule has 0 spiro atoms. The molecule has 0 aliphatic carbocycles. The molecule has 3 aliphatic heterocycles. The molecule has 0 amide bonds. The van der Waals surface area contributed by atoms with E-state index in [1.54, 1.807) is 0 Å². The van der Waals surface area contributed by atoms with Gasteiger partial charge in [0.1, 0.15) is 0 Å². The van der Waals surface area contributed by atoms with E-state index in [4.69, 9.17) is 15.3 Å². The molecule has 0 bridgehead atoms. The van der Waals surface area contributed by atoms with Gasteiger partial charge in [-0.2, -0.15) is 0 Å². The minimum atomic E-state index is -1.48. The van der Waals surface area contributed by atoms with Crippen LogP contribution in [0.25, 0.3) is 0 Å². The Bertz CT molecular complexity index is 1210. The second-order valence-corrected chi connectivity index (χ2v) is 19.8. The van der Waals surface area contributed by atoms with E-state index in [1.807, 2.05) is 0 Å². The number of carbonyl (C=O) groups is 3. The molecule has 51 heavy (non-hydrogen) atoms. The lowest BCUT2D eigenvalue weighted by molar-refractivity contribution is -0.0258. The monoisotopic (exact) mass is 718 g/mol. The van der Waals surface area contributed by atoms with Gasteiger partial charge >= 0.3 is 17.9 Å². The minimum absolute atomic E-state index is 0.266. The molecule has 3 saturated heterocycles. The molecule has 3 heterocycles. The Morgan fingerprint density at radius 1 is 0.471 bits per heavy atom.